The number of benzene rings is 1. The number of nitrogens with one attached hydrogen (secondary N) is 1. The van der Waals surface area contributed by atoms with Gasteiger partial charge >= 0.3 is 0 Å². The van der Waals surface area contributed by atoms with Gasteiger partial charge in [0.2, 0.25) is 6.79 Å². The molecule has 142 valence electrons. The van der Waals surface area contributed by atoms with Gasteiger partial charge in [-0.2, -0.15) is 0 Å². The van der Waals surface area contributed by atoms with Crippen LogP contribution in [0.25, 0.3) is 0 Å². The van der Waals surface area contributed by atoms with Crippen LogP contribution in [0.4, 0.5) is 10.8 Å². The fraction of sp³-hybridized carbons (Fsp3) is 0.500. The van der Waals surface area contributed by atoms with Crippen molar-refractivity contribution in [1.29, 1.82) is 0 Å². The molecule has 1 aromatic heterocycles. The van der Waals surface area contributed by atoms with Crippen LogP contribution in [0.2, 0.25) is 0 Å². The highest BCUT2D eigenvalue weighted by atomic mass is 32.1. The fourth-order valence-corrected chi connectivity index (χ4v) is 5.26. The summed E-state index contributed by atoms with van der Waals surface area (Å²) >= 11 is 1.46. The highest BCUT2D eigenvalue weighted by molar-refractivity contribution is 7.14. The van der Waals surface area contributed by atoms with E-state index in [1.54, 1.807) is 0 Å². The second-order valence-corrected chi connectivity index (χ2v) is 8.34. The SMILES string of the molecule is O=C(c1csc(Nc2ccc3c(c2)OCO3)n1)N1CCCC2CCCCC21. The van der Waals surface area contributed by atoms with Crippen molar-refractivity contribution in [3.8, 4) is 11.5 Å². The molecule has 5 rings (SSSR count). The Labute approximate surface area is 162 Å². The third kappa shape index (κ3) is 3.25. The van der Waals surface area contributed by atoms with Crippen LogP contribution >= 0.6 is 11.3 Å². The lowest BCUT2D eigenvalue weighted by Gasteiger charge is -2.43. The van der Waals surface area contributed by atoms with Crippen molar-refractivity contribution in [2.45, 2.75) is 44.6 Å². The van der Waals surface area contributed by atoms with Gasteiger partial charge in [-0.3, -0.25) is 4.79 Å². The smallest absolute Gasteiger partial charge is 0.273 e. The lowest BCUT2D eigenvalue weighted by Crippen LogP contribution is -2.49. The second-order valence-electron chi connectivity index (χ2n) is 7.48. The molecule has 6 nitrogen and oxygen atoms in total. The molecule has 1 N–H and O–H groups in total. The average Bonchev–Trinajstić information content (AvgIpc) is 3.36. The van der Waals surface area contributed by atoms with Crippen molar-refractivity contribution < 1.29 is 14.3 Å². The minimum absolute atomic E-state index is 0.0848. The number of thiazole rings is 1. The molecule has 2 atom stereocenters. The molecule has 2 fully saturated rings. The molecule has 1 saturated carbocycles. The normalized spacial score (nSPS) is 23.8. The summed E-state index contributed by atoms with van der Waals surface area (Å²) in [5, 5.41) is 5.85. The maximum absolute atomic E-state index is 13.1. The summed E-state index contributed by atoms with van der Waals surface area (Å²) in [4.78, 5) is 19.7. The summed E-state index contributed by atoms with van der Waals surface area (Å²) in [6.07, 6.45) is 7.33. The highest BCUT2D eigenvalue weighted by Gasteiger charge is 2.36. The Morgan fingerprint density at radius 2 is 2.00 bits per heavy atom. The number of likely N-dealkylation sites (tertiary alicyclic amines) is 1. The summed E-state index contributed by atoms with van der Waals surface area (Å²) in [6.45, 7) is 1.12. The van der Waals surface area contributed by atoms with E-state index < -0.39 is 0 Å². The third-order valence-corrected chi connectivity index (χ3v) is 6.61. The van der Waals surface area contributed by atoms with E-state index in [1.165, 1.54) is 37.0 Å². The molecule has 2 aliphatic heterocycles. The number of aromatic nitrogens is 1. The molecular weight excluding hydrogens is 362 g/mol. The van der Waals surface area contributed by atoms with Crippen LogP contribution in [0.5, 0.6) is 11.5 Å². The maximum Gasteiger partial charge on any atom is 0.273 e. The number of anilines is 2. The number of amides is 1. The quantitative estimate of drug-likeness (QED) is 0.848. The molecule has 0 radical (unpaired) electrons. The van der Waals surface area contributed by atoms with Crippen LogP contribution in [0.3, 0.4) is 0 Å². The van der Waals surface area contributed by atoms with Gasteiger partial charge in [-0.25, -0.2) is 4.98 Å². The maximum atomic E-state index is 13.1. The lowest BCUT2D eigenvalue weighted by molar-refractivity contribution is 0.0386. The molecule has 1 saturated heterocycles. The van der Waals surface area contributed by atoms with Gasteiger partial charge in [-0.15, -0.1) is 11.3 Å². The Morgan fingerprint density at radius 3 is 2.96 bits per heavy atom. The number of carbonyl (C=O) groups is 1. The summed E-state index contributed by atoms with van der Waals surface area (Å²) in [5.41, 5.74) is 1.42. The third-order valence-electron chi connectivity index (χ3n) is 5.85. The molecule has 2 aromatic rings. The minimum atomic E-state index is 0.0848. The predicted octanol–water partition coefficient (Wildman–Crippen LogP) is 4.41. The first-order chi connectivity index (χ1) is 13.3. The van der Waals surface area contributed by atoms with Gasteiger partial charge in [0.05, 0.1) is 0 Å². The number of rotatable bonds is 3. The van der Waals surface area contributed by atoms with Gasteiger partial charge < -0.3 is 19.7 Å². The van der Waals surface area contributed by atoms with Crippen molar-refractivity contribution in [2.75, 3.05) is 18.7 Å². The molecule has 1 aromatic carbocycles. The predicted molar refractivity (Wildman–Crippen MR) is 104 cm³/mol. The van der Waals surface area contributed by atoms with Crippen molar-refractivity contribution in [2.24, 2.45) is 5.92 Å². The van der Waals surface area contributed by atoms with Crippen LogP contribution in [-0.4, -0.2) is 35.2 Å². The summed E-state index contributed by atoms with van der Waals surface area (Å²) in [6, 6.07) is 6.10. The van der Waals surface area contributed by atoms with E-state index in [1.807, 2.05) is 23.6 Å². The molecule has 27 heavy (non-hydrogen) atoms. The van der Waals surface area contributed by atoms with Crippen LogP contribution in [0, 0.1) is 5.92 Å². The summed E-state index contributed by atoms with van der Waals surface area (Å²) in [7, 11) is 0. The van der Waals surface area contributed by atoms with Gasteiger partial charge in [0.25, 0.3) is 5.91 Å². The second kappa shape index (κ2) is 7.03. The van der Waals surface area contributed by atoms with Gasteiger partial charge in [0, 0.05) is 29.7 Å². The van der Waals surface area contributed by atoms with E-state index >= 15 is 0 Å². The number of piperidine rings is 1. The standard InChI is InChI=1S/C20H23N3O3S/c24-19(23-9-3-5-13-4-1-2-6-16(13)23)15-11-27-20(22-15)21-14-7-8-17-18(10-14)26-12-25-17/h7-8,10-11,13,16H,1-6,9,12H2,(H,21,22). The molecule has 1 amide bonds. The Balaban J connectivity index is 1.30. The number of hydrogen-bond donors (Lipinski definition) is 1. The van der Waals surface area contributed by atoms with Crippen molar-refractivity contribution in [3.05, 3.63) is 29.3 Å². The van der Waals surface area contributed by atoms with Gasteiger partial charge in [-0.05, 0) is 43.7 Å². The van der Waals surface area contributed by atoms with E-state index in [9.17, 15) is 4.79 Å². The Morgan fingerprint density at radius 1 is 1.15 bits per heavy atom. The highest BCUT2D eigenvalue weighted by Crippen LogP contribution is 2.37. The minimum Gasteiger partial charge on any atom is -0.454 e. The number of carbonyl (C=O) groups excluding carboxylic acids is 1. The largest absolute Gasteiger partial charge is 0.454 e. The Bertz CT molecular complexity index is 851. The van der Waals surface area contributed by atoms with Crippen LogP contribution in [0.15, 0.2) is 23.6 Å². The molecule has 2 unspecified atom stereocenters. The van der Waals surface area contributed by atoms with Crippen molar-refractivity contribution >= 4 is 28.1 Å². The summed E-state index contributed by atoms with van der Waals surface area (Å²) < 4.78 is 10.7. The van der Waals surface area contributed by atoms with Crippen LogP contribution in [-0.2, 0) is 0 Å². The zero-order chi connectivity index (χ0) is 18.2. The molecular formula is C20H23N3O3S. The van der Waals surface area contributed by atoms with Gasteiger partial charge in [0.1, 0.15) is 5.69 Å². The summed E-state index contributed by atoms with van der Waals surface area (Å²) in [5.74, 6) is 2.25. The zero-order valence-electron chi connectivity index (χ0n) is 15.1. The lowest BCUT2D eigenvalue weighted by atomic mass is 9.78. The van der Waals surface area contributed by atoms with E-state index in [0.717, 1.165) is 41.7 Å². The first-order valence-electron chi connectivity index (χ1n) is 9.71. The number of fused-ring (bicyclic) bond motifs is 2. The zero-order valence-corrected chi connectivity index (χ0v) is 16.0. The van der Waals surface area contributed by atoms with E-state index in [4.69, 9.17) is 9.47 Å². The molecule has 0 spiro atoms. The van der Waals surface area contributed by atoms with Crippen molar-refractivity contribution in [3.63, 3.8) is 0 Å². The Kier molecular flexibility index (Phi) is 4.39. The molecule has 0 bridgehead atoms. The Hall–Kier alpha value is -2.28. The number of ether oxygens (including phenoxy) is 2. The van der Waals surface area contributed by atoms with Crippen LogP contribution in [0.1, 0.15) is 49.0 Å². The molecule has 1 aliphatic carbocycles. The van der Waals surface area contributed by atoms with Crippen molar-refractivity contribution in [1.82, 2.24) is 9.88 Å². The topological polar surface area (TPSA) is 63.7 Å². The number of hydrogen-bond acceptors (Lipinski definition) is 6. The van der Waals surface area contributed by atoms with Gasteiger partial charge in [0.15, 0.2) is 16.6 Å². The monoisotopic (exact) mass is 385 g/mol. The average molecular weight is 385 g/mol. The first-order valence-corrected chi connectivity index (χ1v) is 10.6. The van der Waals surface area contributed by atoms with Crippen LogP contribution < -0.4 is 14.8 Å². The number of nitrogens with zero attached hydrogens (tertiary/aromatic N) is 2. The van der Waals surface area contributed by atoms with Gasteiger partial charge in [-0.1, -0.05) is 12.8 Å². The van der Waals surface area contributed by atoms with E-state index in [0.29, 0.717) is 17.7 Å². The molecule has 3 heterocycles. The van der Waals surface area contributed by atoms with E-state index in [2.05, 4.69) is 15.2 Å². The van der Waals surface area contributed by atoms with E-state index in [-0.39, 0.29) is 12.7 Å². The molecule has 3 aliphatic rings. The molecule has 7 heteroatoms. The first kappa shape index (κ1) is 16.9. The fourth-order valence-electron chi connectivity index (χ4n) is 4.55.